The van der Waals surface area contributed by atoms with Crippen molar-refractivity contribution in [1.29, 1.82) is 0 Å². The Morgan fingerprint density at radius 2 is 0.427 bits per heavy atom. The molecule has 12 N–H and O–H groups in total. The van der Waals surface area contributed by atoms with Crippen molar-refractivity contribution < 1.29 is 133 Å². The lowest BCUT2D eigenvalue weighted by Gasteiger charge is -2.27. The Morgan fingerprint density at radius 1 is 0.333 bits per heavy atom. The molecule has 0 saturated carbocycles. The molecule has 0 fully saturated rings. The van der Waals surface area contributed by atoms with Crippen LogP contribution in [0.15, 0.2) is 98.1 Å². The molecule has 4 aromatic rings. The highest BCUT2D eigenvalue weighted by atomic mass is 127. The maximum atomic E-state index is 9.59. The van der Waals surface area contributed by atoms with Gasteiger partial charge in [-0.05, 0) is 40.0 Å². The predicted octanol–water partition coefficient (Wildman–Crippen LogP) is -9.92. The van der Waals surface area contributed by atoms with Crippen LogP contribution in [-0.2, 0) is 64.2 Å². The lowest BCUT2D eigenvalue weighted by atomic mass is 9.83. The van der Waals surface area contributed by atoms with E-state index in [2.05, 4.69) is 0 Å². The first-order valence-corrected chi connectivity index (χ1v) is 23.4. The van der Waals surface area contributed by atoms with E-state index in [4.69, 9.17) is 0 Å². The maximum absolute atomic E-state index is 9.59. The second kappa shape index (κ2) is 40.5. The van der Waals surface area contributed by atoms with Crippen molar-refractivity contribution in [1.82, 2.24) is 0 Å². The molecule has 0 amide bonds. The highest BCUT2D eigenvalue weighted by molar-refractivity contribution is 5.67. The SMILES string of the molecule is CC(C)C(=O)[O-].CC(C)C(=O)[O-].CC(C)C(=O)[O-].C[n+]1ccc(C(CO)(CO)CO)cc1.C[n+]1ccc(C(CO)(CO)CO)cc1.C[n+]1ccc(C(CO)(CO)CO)cc1.C[n+]1ccc(C(CO)(CO)CO)cc1.[I-]. The number of rotatable bonds is 19. The second-order valence-corrected chi connectivity index (χ2v) is 18.4. The predicted molar refractivity (Wildman–Crippen MR) is 262 cm³/mol. The molecule has 0 aromatic carbocycles. The van der Waals surface area contributed by atoms with Crippen LogP contribution in [0.1, 0.15) is 63.8 Å². The van der Waals surface area contributed by atoms with Gasteiger partial charge >= 0.3 is 0 Å². The minimum absolute atomic E-state index is 0. The molecule has 0 aliphatic carbocycles. The van der Waals surface area contributed by atoms with Gasteiger partial charge in [0.05, 0.1) is 101 Å². The first kappa shape index (κ1) is 76.8. The molecule has 4 rings (SSSR count). The van der Waals surface area contributed by atoms with E-state index in [1.807, 2.05) is 96.0 Å². The van der Waals surface area contributed by atoms with Gasteiger partial charge < -0.3 is 115 Å². The van der Waals surface area contributed by atoms with Crippen molar-refractivity contribution in [2.75, 3.05) is 79.3 Å². The molecule has 0 aliphatic heterocycles. The number of aliphatic hydroxyl groups is 12. The number of aryl methyl sites for hydroxylation is 4. The molecule has 75 heavy (non-hydrogen) atoms. The first-order valence-electron chi connectivity index (χ1n) is 23.4. The van der Waals surface area contributed by atoms with Crippen LogP contribution in [0, 0.1) is 17.8 Å². The summed E-state index contributed by atoms with van der Waals surface area (Å²) >= 11 is 0. The Balaban J connectivity index is -0.000000403. The van der Waals surface area contributed by atoms with Gasteiger partial charge in [0, 0.05) is 66.4 Å². The number of carboxylic acids is 3. The van der Waals surface area contributed by atoms with Crippen LogP contribution in [0.4, 0.5) is 0 Å². The summed E-state index contributed by atoms with van der Waals surface area (Å²) in [6.45, 7) is 6.23. The van der Waals surface area contributed by atoms with Crippen molar-refractivity contribution in [2.45, 2.75) is 63.2 Å². The summed E-state index contributed by atoms with van der Waals surface area (Å²) in [6, 6.07) is 14.2. The zero-order chi connectivity index (χ0) is 57.9. The number of halogens is 1. The highest BCUT2D eigenvalue weighted by Crippen LogP contribution is 2.24. The number of hydrogen-bond donors (Lipinski definition) is 12. The molecule has 0 radical (unpaired) electrons. The monoisotopic (exact) mass is 1180 g/mol. The summed E-state index contributed by atoms with van der Waals surface area (Å²) in [6.07, 6.45) is 14.5. The molecule has 428 valence electrons. The van der Waals surface area contributed by atoms with Crippen LogP contribution < -0.4 is 57.6 Å². The number of hydrogen-bond acceptors (Lipinski definition) is 18. The summed E-state index contributed by atoms with van der Waals surface area (Å²) in [5.74, 6) is -4.00. The number of aromatic nitrogens is 4. The largest absolute Gasteiger partial charge is 1.00 e. The van der Waals surface area contributed by atoms with Crippen LogP contribution in [0.5, 0.6) is 0 Å². The summed E-state index contributed by atoms with van der Waals surface area (Å²) < 4.78 is 7.39. The molecule has 0 atom stereocenters. The van der Waals surface area contributed by atoms with Crippen molar-refractivity contribution in [3.8, 4) is 0 Å². The zero-order valence-electron chi connectivity index (χ0n) is 44.9. The number of carbonyl (C=O) groups excluding carboxylic acids is 3. The molecule has 22 nitrogen and oxygen atoms in total. The molecular formula is C52H85IN4O18. The molecule has 0 aliphatic rings. The third kappa shape index (κ3) is 27.2. The smallest absolute Gasteiger partial charge is 0.168 e. The number of nitrogens with zero attached hydrogens (tertiary/aromatic N) is 4. The second-order valence-electron chi connectivity index (χ2n) is 18.4. The Kier molecular flexibility index (Phi) is 41.5. The molecule has 0 bridgehead atoms. The van der Waals surface area contributed by atoms with E-state index in [1.165, 1.54) is 0 Å². The number of carboxylic acid groups (broad SMARTS) is 3. The van der Waals surface area contributed by atoms with Crippen LogP contribution >= 0.6 is 0 Å². The molecule has 23 heteroatoms. The van der Waals surface area contributed by atoms with Crippen molar-refractivity contribution in [2.24, 2.45) is 45.9 Å². The van der Waals surface area contributed by atoms with E-state index in [1.54, 1.807) is 90.1 Å². The molecule has 0 saturated heterocycles. The van der Waals surface area contributed by atoms with Crippen LogP contribution in [0.25, 0.3) is 0 Å². The Labute approximate surface area is 458 Å². The van der Waals surface area contributed by atoms with E-state index in [0.29, 0.717) is 0 Å². The fourth-order valence-corrected chi connectivity index (χ4v) is 5.11. The van der Waals surface area contributed by atoms with Gasteiger partial charge in [-0.25, -0.2) is 18.3 Å². The van der Waals surface area contributed by atoms with Gasteiger partial charge in [-0.15, -0.1) is 0 Å². The maximum Gasteiger partial charge on any atom is 0.168 e. The van der Waals surface area contributed by atoms with Gasteiger partial charge in [0.25, 0.3) is 0 Å². The number of pyridine rings is 4. The standard InChI is InChI=1S/4C10H16NO3.3C4H8O2.HI/c4*1-11-4-2-9(3-5-11)10(6-12,7-13)8-14;3*1-3(2)4(5)6;/h4*2-5,12-14H,6-8H2,1H3;3*3H,1-2H3,(H,5,6);1H/q4*+1;;;;/p-4. The topological polar surface area (TPSA) is 379 Å². The third-order valence-electron chi connectivity index (χ3n) is 11.4. The number of aliphatic hydroxyl groups excluding tert-OH is 12. The summed E-state index contributed by atoms with van der Waals surface area (Å²) in [4.78, 5) is 28.8. The van der Waals surface area contributed by atoms with E-state index in [9.17, 15) is 91.0 Å². The fraction of sp³-hybridized carbons (Fsp3) is 0.558. The van der Waals surface area contributed by atoms with E-state index in [0.717, 1.165) is 22.3 Å². The van der Waals surface area contributed by atoms with Crippen molar-refractivity contribution >= 4 is 17.9 Å². The Bertz CT molecular complexity index is 1760. The number of aliphatic carboxylic acids is 3. The average Bonchev–Trinajstić information content (AvgIpc) is 3.39. The van der Waals surface area contributed by atoms with Gasteiger partial charge in [0.15, 0.2) is 49.6 Å². The Hall–Kier alpha value is -4.74. The highest BCUT2D eigenvalue weighted by Gasteiger charge is 2.33. The molecule has 0 spiro atoms. The van der Waals surface area contributed by atoms with Gasteiger partial charge in [0.2, 0.25) is 0 Å². The summed E-state index contributed by atoms with van der Waals surface area (Å²) in [7, 11) is 7.51. The van der Waals surface area contributed by atoms with Crippen LogP contribution in [0.3, 0.4) is 0 Å². The average molecular weight is 1180 g/mol. The van der Waals surface area contributed by atoms with Crippen molar-refractivity contribution in [3.05, 3.63) is 120 Å². The molecule has 4 aromatic heterocycles. The molecule has 4 heterocycles. The van der Waals surface area contributed by atoms with Gasteiger partial charge in [-0.1, -0.05) is 41.5 Å². The number of carbonyl (C=O) groups is 3. The molecular weight excluding hydrogens is 1100 g/mol. The summed E-state index contributed by atoms with van der Waals surface area (Å²) in [5.41, 5.74) is -0.789. The fourth-order valence-electron chi connectivity index (χ4n) is 5.11. The van der Waals surface area contributed by atoms with E-state index < -0.39 is 39.6 Å². The summed E-state index contributed by atoms with van der Waals surface area (Å²) in [5, 5.41) is 139. The van der Waals surface area contributed by atoms with Crippen LogP contribution in [-0.4, -0.2) is 158 Å². The third-order valence-corrected chi connectivity index (χ3v) is 11.4. The lowest BCUT2D eigenvalue weighted by Crippen LogP contribution is -3.00. The minimum atomic E-state index is -0.991. The van der Waals surface area contributed by atoms with Gasteiger partial charge in [-0.2, -0.15) is 0 Å². The van der Waals surface area contributed by atoms with Crippen molar-refractivity contribution in [3.63, 3.8) is 0 Å². The molecule has 0 unspecified atom stereocenters. The Morgan fingerprint density at radius 3 is 0.493 bits per heavy atom. The van der Waals surface area contributed by atoms with E-state index in [-0.39, 0.29) is 121 Å². The quantitative estimate of drug-likeness (QED) is 0.0306. The van der Waals surface area contributed by atoms with E-state index >= 15 is 0 Å². The van der Waals surface area contributed by atoms with Gasteiger partial charge in [-0.3, -0.25) is 0 Å². The normalized spacial score (nSPS) is 10.9. The van der Waals surface area contributed by atoms with Crippen LogP contribution in [0.2, 0.25) is 0 Å². The lowest BCUT2D eigenvalue weighted by molar-refractivity contribution is -0.671. The first-order chi connectivity index (χ1) is 34.7. The van der Waals surface area contributed by atoms with Gasteiger partial charge in [0.1, 0.15) is 28.2 Å². The minimum Gasteiger partial charge on any atom is -1.00 e. The zero-order valence-corrected chi connectivity index (χ0v) is 47.1.